The third-order valence-corrected chi connectivity index (χ3v) is 7.74. The lowest BCUT2D eigenvalue weighted by molar-refractivity contribution is -0.173. The molecular weight excluding hydrogens is 912 g/mol. The maximum Gasteiger partial charge on any atom is 0.471 e. The molecule has 0 saturated heterocycles. The van der Waals surface area contributed by atoms with E-state index in [2.05, 4.69) is 10.6 Å². The van der Waals surface area contributed by atoms with Gasteiger partial charge in [0.1, 0.15) is 29.8 Å². The molecule has 0 aliphatic carbocycles. The van der Waals surface area contributed by atoms with Gasteiger partial charge in [-0.05, 0) is 72.1 Å². The van der Waals surface area contributed by atoms with E-state index in [0.29, 0.717) is 0 Å². The van der Waals surface area contributed by atoms with Crippen LogP contribution >= 0.6 is 0 Å². The van der Waals surface area contributed by atoms with E-state index < -0.39 is 185 Å². The van der Waals surface area contributed by atoms with E-state index in [1.807, 2.05) is 10.6 Å². The summed E-state index contributed by atoms with van der Waals surface area (Å²) in [6.07, 6.45) is -27.5. The summed E-state index contributed by atoms with van der Waals surface area (Å²) in [5.74, 6) is -15.6. The van der Waals surface area contributed by atoms with E-state index in [1.165, 1.54) is 42.0 Å². The Bertz CT molecular complexity index is 1640. The van der Waals surface area contributed by atoms with E-state index in [9.17, 15) is 101 Å². The molecule has 0 aromatic heterocycles. The molecule has 4 atom stereocenters. The Balaban J connectivity index is 6.62. The summed E-state index contributed by atoms with van der Waals surface area (Å²) >= 11 is 0. The van der Waals surface area contributed by atoms with Crippen molar-refractivity contribution in [2.45, 2.75) is 127 Å². The van der Waals surface area contributed by atoms with Gasteiger partial charge in [0.05, 0.1) is 0 Å². The van der Waals surface area contributed by atoms with E-state index >= 15 is 0 Å². The van der Waals surface area contributed by atoms with Crippen molar-refractivity contribution in [3.8, 4) is 0 Å². The zero-order chi connectivity index (χ0) is 49.9. The topological polar surface area (TPSA) is 279 Å². The molecular formula is C33H46F12N8O11. The van der Waals surface area contributed by atoms with Gasteiger partial charge in [0.2, 0.25) is 17.7 Å². The van der Waals surface area contributed by atoms with Crippen molar-refractivity contribution in [3.05, 3.63) is 0 Å². The number of hydrogen-bond acceptors (Lipinski definition) is 10. The first-order chi connectivity index (χ1) is 29.1. The summed E-state index contributed by atoms with van der Waals surface area (Å²) in [7, 11) is 0. The highest BCUT2D eigenvalue weighted by Crippen LogP contribution is 2.17. The molecule has 0 aromatic carbocycles. The largest absolute Gasteiger partial charge is 0.480 e. The number of carbonyl (C=O) groups is 9. The van der Waals surface area contributed by atoms with Gasteiger partial charge in [0, 0.05) is 26.2 Å². The second-order valence-corrected chi connectivity index (χ2v) is 14.3. The summed E-state index contributed by atoms with van der Waals surface area (Å²) in [6.45, 7) is 1.01. The Hall–Kier alpha value is -5.81. The van der Waals surface area contributed by atoms with Gasteiger partial charge in [-0.2, -0.15) is 52.7 Å². The van der Waals surface area contributed by atoms with Crippen LogP contribution in [0.1, 0.15) is 72.1 Å². The van der Waals surface area contributed by atoms with Crippen molar-refractivity contribution >= 4 is 53.4 Å². The third-order valence-electron chi connectivity index (χ3n) is 7.74. The molecule has 0 rings (SSSR count). The molecule has 0 bridgehead atoms. The van der Waals surface area contributed by atoms with E-state index in [-0.39, 0.29) is 0 Å². The van der Waals surface area contributed by atoms with Crippen molar-refractivity contribution in [2.24, 2.45) is 0 Å². The maximum absolute atomic E-state index is 13.7. The highest BCUT2D eigenvalue weighted by molar-refractivity contribution is 5.95. The second kappa shape index (κ2) is 25.5. The number of carboxylic acids is 1. The van der Waals surface area contributed by atoms with Gasteiger partial charge in [-0.15, -0.1) is 0 Å². The molecule has 64 heavy (non-hydrogen) atoms. The molecule has 9 N–H and O–H groups in total. The number of nitrogens with one attached hydrogen (secondary N) is 8. The third kappa shape index (κ3) is 24.7. The normalized spacial score (nSPS) is 14.0. The number of amides is 8. The summed E-state index contributed by atoms with van der Waals surface area (Å²) < 4.78 is 157. The first-order valence-corrected chi connectivity index (χ1v) is 18.6. The minimum atomic E-state index is -5.36. The summed E-state index contributed by atoms with van der Waals surface area (Å²) in [6, 6.07) is -7.77. The molecule has 0 aliphatic heterocycles. The SMILES string of the molecule is CC(C)(C)OC(=O)N[C@@H](CCCNC(=O)C(F)(F)F)C(=O)N[C@@H](CCCNC(=O)C(F)(F)F)C(=O)N[C@@H](CCCNC(=O)C(F)(F)F)C(=O)N[C@@H](CCCNC(=O)C(F)(F)F)C(=O)O. The van der Waals surface area contributed by atoms with Crippen molar-refractivity contribution in [2.75, 3.05) is 26.2 Å². The van der Waals surface area contributed by atoms with Crippen molar-refractivity contribution in [3.63, 3.8) is 0 Å². The number of hydrogen-bond donors (Lipinski definition) is 9. The summed E-state index contributed by atoms with van der Waals surface area (Å²) in [4.78, 5) is 110. The van der Waals surface area contributed by atoms with E-state index in [4.69, 9.17) is 4.74 Å². The fourth-order valence-electron chi connectivity index (χ4n) is 4.76. The van der Waals surface area contributed by atoms with Gasteiger partial charge in [-0.1, -0.05) is 0 Å². The van der Waals surface area contributed by atoms with Crippen LogP contribution in [0.4, 0.5) is 57.5 Å². The standard InChI is InChI=1S/C33H46F12N8O11/c1-29(2,3)64-28(63)53-18(10-6-14-48-26(61)32(40,41)42)22(56)51-16(8-4-12-46-24(59)30(34,35)36)20(54)50-17(9-5-13-47-25(60)31(37,38)39)21(55)52-19(23(57)58)11-7-15-49-27(62)33(43,44)45/h16-19H,4-15H2,1-3H3,(H,46,59)(H,47,60)(H,48,61)(H,49,62)(H,50,54)(H,51,56)(H,52,55)(H,53,63)(H,57,58)/t16-,17-,18-,19-/m0/s1. The highest BCUT2D eigenvalue weighted by Gasteiger charge is 2.41. The minimum Gasteiger partial charge on any atom is -0.480 e. The lowest BCUT2D eigenvalue weighted by atomic mass is 10.0. The van der Waals surface area contributed by atoms with Gasteiger partial charge >= 0.3 is 60.4 Å². The molecule has 0 radical (unpaired) electrons. The zero-order valence-corrected chi connectivity index (χ0v) is 33.9. The molecule has 0 heterocycles. The van der Waals surface area contributed by atoms with Crippen molar-refractivity contribution in [1.82, 2.24) is 42.5 Å². The number of alkyl halides is 12. The van der Waals surface area contributed by atoms with Crippen LogP contribution in [0.3, 0.4) is 0 Å². The second-order valence-electron chi connectivity index (χ2n) is 14.3. The fraction of sp³-hybridized carbons (Fsp3) is 0.727. The van der Waals surface area contributed by atoms with Crippen molar-refractivity contribution in [1.29, 1.82) is 0 Å². The molecule has 31 heteroatoms. The van der Waals surface area contributed by atoms with Crippen molar-refractivity contribution < 1.29 is 106 Å². The Labute approximate surface area is 354 Å². The van der Waals surface area contributed by atoms with E-state index in [1.54, 1.807) is 0 Å². The van der Waals surface area contributed by atoms with Gasteiger partial charge in [-0.25, -0.2) is 9.59 Å². The molecule has 0 spiro atoms. The average molecular weight is 959 g/mol. The Morgan fingerprint density at radius 3 is 0.891 bits per heavy atom. The molecule has 0 aromatic rings. The summed E-state index contributed by atoms with van der Waals surface area (Å²) in [5, 5.41) is 23.6. The van der Waals surface area contributed by atoms with Crippen LogP contribution in [0.5, 0.6) is 0 Å². The minimum absolute atomic E-state index is 0.470. The number of carbonyl (C=O) groups excluding carboxylic acids is 8. The number of aliphatic carboxylic acids is 1. The Kier molecular flexibility index (Phi) is 23.2. The number of halogens is 12. The van der Waals surface area contributed by atoms with Crippen LogP contribution in [-0.4, -0.2) is 139 Å². The molecule has 8 amide bonds. The van der Waals surface area contributed by atoms with E-state index in [0.717, 1.165) is 0 Å². The number of ether oxygens (including phenoxy) is 1. The molecule has 19 nitrogen and oxygen atoms in total. The summed E-state index contributed by atoms with van der Waals surface area (Å²) in [5.41, 5.74) is -1.21. The first-order valence-electron chi connectivity index (χ1n) is 18.6. The molecule has 0 saturated carbocycles. The van der Waals surface area contributed by atoms with Gasteiger partial charge < -0.3 is 52.4 Å². The van der Waals surface area contributed by atoms with Crippen LogP contribution in [0, 0.1) is 0 Å². The van der Waals surface area contributed by atoms with Gasteiger partial charge in [0.15, 0.2) is 0 Å². The Morgan fingerprint density at radius 1 is 0.422 bits per heavy atom. The van der Waals surface area contributed by atoms with Crippen LogP contribution in [0.15, 0.2) is 0 Å². The number of rotatable bonds is 24. The lowest BCUT2D eigenvalue weighted by Gasteiger charge is -2.27. The first kappa shape index (κ1) is 58.2. The average Bonchev–Trinajstić information content (AvgIpc) is 3.13. The molecule has 0 fully saturated rings. The number of carboxylic acid groups (broad SMARTS) is 1. The quantitative estimate of drug-likeness (QED) is 0.0491. The van der Waals surface area contributed by atoms with Crippen LogP contribution in [0.25, 0.3) is 0 Å². The van der Waals surface area contributed by atoms with Crippen LogP contribution < -0.4 is 42.5 Å². The molecule has 368 valence electrons. The van der Waals surface area contributed by atoms with Gasteiger partial charge in [0.25, 0.3) is 0 Å². The predicted octanol–water partition coefficient (Wildman–Crippen LogP) is 1.25. The number of alkyl carbamates (subject to hydrolysis) is 1. The van der Waals surface area contributed by atoms with Crippen LogP contribution in [0.2, 0.25) is 0 Å². The fourth-order valence-corrected chi connectivity index (χ4v) is 4.76. The monoisotopic (exact) mass is 958 g/mol. The predicted molar refractivity (Wildman–Crippen MR) is 190 cm³/mol. The molecule has 0 unspecified atom stereocenters. The lowest BCUT2D eigenvalue weighted by Crippen LogP contribution is -2.58. The maximum atomic E-state index is 13.7. The van der Waals surface area contributed by atoms with Crippen LogP contribution in [-0.2, 0) is 43.1 Å². The van der Waals surface area contributed by atoms with Gasteiger partial charge in [-0.3, -0.25) is 33.6 Å². The molecule has 0 aliphatic rings. The Morgan fingerprint density at radius 2 is 0.656 bits per heavy atom. The zero-order valence-electron chi connectivity index (χ0n) is 33.9. The smallest absolute Gasteiger partial charge is 0.471 e. The highest BCUT2D eigenvalue weighted by atomic mass is 19.4.